The summed E-state index contributed by atoms with van der Waals surface area (Å²) in [6.45, 7) is 0. The topological polar surface area (TPSA) is 13.1 Å². The van der Waals surface area contributed by atoms with Gasteiger partial charge in [0.15, 0.2) is 0 Å². The molecule has 0 aliphatic heterocycles. The molecule has 0 fully saturated rings. The molecule has 0 atom stereocenters. The van der Waals surface area contributed by atoms with E-state index >= 15 is 0 Å². The summed E-state index contributed by atoms with van der Waals surface area (Å²) in [4.78, 5) is 0. The van der Waals surface area contributed by atoms with Crippen LogP contribution in [0.5, 0.6) is 0 Å². The summed E-state index contributed by atoms with van der Waals surface area (Å²) in [6.07, 6.45) is 0. The van der Waals surface area contributed by atoms with Crippen molar-refractivity contribution in [3.05, 3.63) is 290 Å². The van der Waals surface area contributed by atoms with Crippen LogP contribution >= 0.6 is 34.0 Å². The zero-order valence-corrected chi connectivity index (χ0v) is 47.5. The number of hydrogen-bond donors (Lipinski definition) is 0. The summed E-state index contributed by atoms with van der Waals surface area (Å²) in [7, 11) is 0. The summed E-state index contributed by atoms with van der Waals surface area (Å²) in [5.74, 6) is 0. The van der Waals surface area contributed by atoms with E-state index in [2.05, 4.69) is 24.3 Å². The highest BCUT2D eigenvalue weighted by molar-refractivity contribution is 7.26. The van der Waals surface area contributed by atoms with Crippen molar-refractivity contribution in [3.63, 3.8) is 0 Å². The van der Waals surface area contributed by atoms with Gasteiger partial charge in [0.25, 0.3) is 0 Å². The molecule has 1 nitrogen and oxygen atoms in total. The molecule has 4 aromatic heterocycles. The van der Waals surface area contributed by atoms with Gasteiger partial charge in [-0.25, -0.2) is 0 Å². The van der Waals surface area contributed by atoms with E-state index in [4.69, 9.17) is 26.3 Å². The van der Waals surface area contributed by atoms with Gasteiger partial charge in [0, 0.05) is 71.3 Å². The first kappa shape index (κ1) is 28.8. The Morgan fingerprint density at radius 3 is 1.15 bits per heavy atom. The van der Waals surface area contributed by atoms with Gasteiger partial charge < -0.3 is 4.42 Å². The average Bonchev–Trinajstić information content (AvgIpc) is 1.39. The van der Waals surface area contributed by atoms with E-state index < -0.39 is 201 Å². The largest absolute Gasteiger partial charge is 0.456 e. The van der Waals surface area contributed by atoms with Crippen LogP contribution < -0.4 is 0 Å². The molecule has 0 radical (unpaired) electrons. The van der Waals surface area contributed by atoms with Crippen molar-refractivity contribution in [2.24, 2.45) is 0 Å². The summed E-state index contributed by atoms with van der Waals surface area (Å²) in [5.41, 5.74) is 0.863. The van der Waals surface area contributed by atoms with Crippen molar-refractivity contribution < 1.29 is 45.5 Å². The average molecular weight is 1200 g/mol. The lowest BCUT2D eigenvalue weighted by Gasteiger charge is -2.18. The van der Waals surface area contributed by atoms with Crippen molar-refractivity contribution in [2.45, 2.75) is 0 Å². The highest BCUT2D eigenvalue weighted by atomic mass is 32.1. The van der Waals surface area contributed by atoms with Crippen LogP contribution in [0.15, 0.2) is 295 Å². The van der Waals surface area contributed by atoms with E-state index in [0.29, 0.717) is 56.1 Å². The van der Waals surface area contributed by atoms with Gasteiger partial charge in [-0.1, -0.05) is 236 Å². The molecule has 16 aromatic carbocycles. The van der Waals surface area contributed by atoms with Crippen LogP contribution in [-0.2, 0) is 0 Å². The lowest BCUT2D eigenvalue weighted by atomic mass is 9.85. The Morgan fingerprint density at radius 1 is 0.239 bits per heavy atom. The number of fused-ring (bicyclic) bond motifs is 20. The zero-order chi connectivity index (χ0) is 83.7. The Hall–Kier alpha value is -10.5. The van der Waals surface area contributed by atoms with E-state index in [-0.39, 0.29) is 86.1 Å². The molecular weight excluding hydrogens is 1120 g/mol. The third kappa shape index (κ3) is 7.57. The second-order valence-corrected chi connectivity index (χ2v) is 24.1. The lowest BCUT2D eigenvalue weighted by molar-refractivity contribution is 0.669. The molecule has 0 bridgehead atoms. The van der Waals surface area contributed by atoms with Crippen molar-refractivity contribution in [3.8, 4) is 44.5 Å². The number of furan rings is 1. The van der Waals surface area contributed by atoms with Crippen molar-refractivity contribution >= 4 is 181 Å². The second-order valence-electron chi connectivity index (χ2n) is 21.0. The molecule has 0 spiro atoms. The maximum Gasteiger partial charge on any atom is 0.136 e. The molecule has 4 heteroatoms. The minimum absolute atomic E-state index is 0.0415. The number of rotatable bonds is 4. The maximum atomic E-state index is 9.57. The molecule has 408 valence electrons. The van der Waals surface area contributed by atoms with E-state index in [9.17, 15) is 19.2 Å². The molecule has 88 heavy (non-hydrogen) atoms. The molecule has 4 heterocycles. The van der Waals surface area contributed by atoms with Crippen LogP contribution in [-0.4, -0.2) is 0 Å². The van der Waals surface area contributed by atoms with Crippen LogP contribution in [0, 0.1) is 0 Å². The quantitative estimate of drug-likeness (QED) is 0.160. The third-order valence-corrected chi connectivity index (χ3v) is 19.5. The Bertz CT molecular complexity index is 7570. The number of thiophene rings is 3. The van der Waals surface area contributed by atoms with E-state index in [1.807, 2.05) is 84.9 Å². The normalized spacial score (nSPS) is 16.9. The Labute approximate surface area is 559 Å². The van der Waals surface area contributed by atoms with E-state index in [1.54, 1.807) is 11.3 Å². The first-order valence-electron chi connectivity index (χ1n) is 42.6. The molecule has 0 saturated carbocycles. The first-order chi connectivity index (χ1) is 56.1. The molecule has 0 amide bonds. The van der Waals surface area contributed by atoms with Gasteiger partial charge in [0.2, 0.25) is 0 Å². The summed E-state index contributed by atoms with van der Waals surface area (Å²) >= 11 is 3.03. The minimum Gasteiger partial charge on any atom is -0.456 e. The first-order valence-corrected chi connectivity index (χ1v) is 30.0. The Morgan fingerprint density at radius 2 is 0.636 bits per heavy atom. The maximum absolute atomic E-state index is 9.57. The van der Waals surface area contributed by atoms with Gasteiger partial charge in [-0.3, -0.25) is 0 Å². The smallest absolute Gasteiger partial charge is 0.136 e. The molecule has 0 N–H and O–H groups in total. The van der Waals surface area contributed by atoms with Crippen molar-refractivity contribution in [1.29, 1.82) is 0 Å². The standard InChI is InChI=1S/C46H26OS.C38H22S2/c1-3-11-31-27(9-1)19-23-39-45(31)37-21-17-29(25-40(37)47-39)43-33-13-5-7-15-35(33)44(36-16-8-6-14-34(36)43)30-18-22-38-42(26-30)48-41-24-20-28-10-2-4-12-32(28)46(38)41;1-2-12-30-29(11-1)37(23-17-19-27-25-9-5-7-15-33(25)39-35(27)21-23)31-13-3-4-14-32(31)38(30)24-18-20-28-26-10-6-8-16-34(26)40-36(28)22-24/h1-26H;1-22H/i5D,6D,7D,8D,13D,14D,15D,16D;1D,2D,3D,4D,5D,6D,7D,8D,9D,10D,11D,12D,13D,14D,15D,16D,17D,18D,19D,20D,21D,22D. The molecule has 0 unspecified atom stereocenters. The predicted octanol–water partition coefficient (Wildman–Crippen LogP) is 26.0. The van der Waals surface area contributed by atoms with Crippen molar-refractivity contribution in [1.82, 2.24) is 0 Å². The number of hydrogen-bond acceptors (Lipinski definition) is 4. The Kier molecular flexibility index (Phi) is 6.40. The molecule has 20 rings (SSSR count). The molecule has 0 saturated heterocycles. The SMILES string of the molecule is [2H]c1c([2H])c([2H])c2c(-c3ccc4c(c3)sc3ccc5ccccc5c34)c3c([2H])c([2H])c([2H])c([2H])c3c(-c3ccc4c(c3)oc3ccc5ccccc5c34)c2c1[2H].[2H]c1c([2H])c([2H])c2c(sc3c([2H])c(-c4c5c([2H])c([2H])c([2H])c([2H])c5c(-c5c([2H])c([2H])c6c(sc7c([2H])c([2H])c([2H])c([2H])c76)c5[2H])c5c([2H])c([2H])c([2H])c([2H])c45)c([2H])c([2H])c32)c1[2H]. The summed E-state index contributed by atoms with van der Waals surface area (Å²) < 4.78 is 277. The van der Waals surface area contributed by atoms with Gasteiger partial charge in [-0.05, 0) is 164 Å². The highest BCUT2D eigenvalue weighted by Gasteiger charge is 2.22. The van der Waals surface area contributed by atoms with Gasteiger partial charge in [0.05, 0.1) is 41.1 Å². The lowest BCUT2D eigenvalue weighted by Crippen LogP contribution is -1.90. The second kappa shape index (κ2) is 19.5. The predicted molar refractivity (Wildman–Crippen MR) is 386 cm³/mol. The van der Waals surface area contributed by atoms with Crippen molar-refractivity contribution in [2.75, 3.05) is 0 Å². The van der Waals surface area contributed by atoms with Gasteiger partial charge in [0.1, 0.15) is 11.2 Å². The van der Waals surface area contributed by atoms with Gasteiger partial charge >= 0.3 is 0 Å². The third-order valence-electron chi connectivity index (χ3n) is 16.3. The van der Waals surface area contributed by atoms with Crippen LogP contribution in [0.4, 0.5) is 0 Å². The summed E-state index contributed by atoms with van der Waals surface area (Å²) in [5, 5.41) is 6.28. The fourth-order valence-electron chi connectivity index (χ4n) is 12.6. The Balaban J connectivity index is 0.000000157. The zero-order valence-electron chi connectivity index (χ0n) is 75.0. The minimum atomic E-state index is -0.854. The highest BCUT2D eigenvalue weighted by Crippen LogP contribution is 2.50. The van der Waals surface area contributed by atoms with E-state index in [0.717, 1.165) is 52.5 Å². The fourth-order valence-corrected chi connectivity index (χ4v) is 15.7. The molecule has 0 aliphatic carbocycles. The van der Waals surface area contributed by atoms with Gasteiger partial charge in [-0.2, -0.15) is 0 Å². The number of benzene rings is 16. The van der Waals surface area contributed by atoms with Crippen LogP contribution in [0.1, 0.15) is 41.1 Å². The molecule has 20 aromatic rings. The van der Waals surface area contributed by atoms with Crippen LogP contribution in [0.2, 0.25) is 0 Å². The fraction of sp³-hybridized carbons (Fsp3) is 0. The molecule has 0 aliphatic rings. The molecular formula is C84H48OS3. The van der Waals surface area contributed by atoms with Crippen LogP contribution in [0.25, 0.3) is 192 Å². The summed E-state index contributed by atoms with van der Waals surface area (Å²) in [6, 6.07) is 17.8. The van der Waals surface area contributed by atoms with Gasteiger partial charge in [-0.15, -0.1) is 34.0 Å². The van der Waals surface area contributed by atoms with E-state index in [1.165, 1.54) is 0 Å². The monoisotopic (exact) mass is 1200 g/mol. The van der Waals surface area contributed by atoms with Crippen LogP contribution in [0.3, 0.4) is 0 Å².